The molecule has 1 aliphatic rings. The fourth-order valence-electron chi connectivity index (χ4n) is 4.02. The minimum atomic E-state index is -3.93. The van der Waals surface area contributed by atoms with Crippen molar-refractivity contribution in [3.8, 4) is 0 Å². The van der Waals surface area contributed by atoms with Crippen LogP contribution in [0.25, 0.3) is 0 Å². The Balaban J connectivity index is 1.32. The molecule has 8 nitrogen and oxygen atoms in total. The lowest BCUT2D eigenvalue weighted by atomic mass is 9.97. The molecular weight excluding hydrogens is 576 g/mol. The number of hydrogen-bond donors (Lipinski definition) is 2. The molecule has 3 aromatic rings. The average molecular weight is 601 g/mol. The summed E-state index contributed by atoms with van der Waals surface area (Å²) < 4.78 is 67.7. The summed E-state index contributed by atoms with van der Waals surface area (Å²) >= 11 is 11.9. The monoisotopic (exact) mass is 599 g/mol. The van der Waals surface area contributed by atoms with E-state index in [1.54, 1.807) is 0 Å². The van der Waals surface area contributed by atoms with E-state index in [9.17, 15) is 26.0 Å². The first-order chi connectivity index (χ1) is 17.9. The summed E-state index contributed by atoms with van der Waals surface area (Å²) in [4.78, 5) is 12.7. The van der Waals surface area contributed by atoms with Crippen molar-refractivity contribution >= 4 is 60.5 Å². The lowest BCUT2D eigenvalue weighted by molar-refractivity contribution is -0.120. The number of hydrogen-bond acceptors (Lipinski definition) is 5. The molecule has 1 heterocycles. The van der Waals surface area contributed by atoms with Crippen molar-refractivity contribution in [1.29, 1.82) is 0 Å². The van der Waals surface area contributed by atoms with Gasteiger partial charge in [-0.25, -0.2) is 25.5 Å². The third-order valence-electron chi connectivity index (χ3n) is 6.09. The number of benzene rings is 3. The van der Waals surface area contributed by atoms with E-state index in [1.165, 1.54) is 71.0 Å². The number of halogens is 3. The van der Waals surface area contributed by atoms with Gasteiger partial charge in [-0.15, -0.1) is 0 Å². The van der Waals surface area contributed by atoms with Gasteiger partial charge in [-0.05, 0) is 73.0 Å². The highest BCUT2D eigenvalue weighted by atomic mass is 35.5. The van der Waals surface area contributed by atoms with Crippen LogP contribution in [-0.2, 0) is 30.6 Å². The number of piperidine rings is 1. The number of carbonyl (C=O) groups is 1. The van der Waals surface area contributed by atoms with Gasteiger partial charge in [-0.2, -0.15) is 0 Å². The molecule has 0 radical (unpaired) electrons. The van der Waals surface area contributed by atoms with Gasteiger partial charge in [-0.1, -0.05) is 35.3 Å². The molecule has 0 saturated carbocycles. The van der Waals surface area contributed by atoms with Crippen molar-refractivity contribution in [3.63, 3.8) is 0 Å². The number of amides is 1. The third-order valence-corrected chi connectivity index (χ3v) is 9.87. The smallest absolute Gasteiger partial charge is 0.261 e. The molecule has 3 aromatic carbocycles. The maximum Gasteiger partial charge on any atom is 0.261 e. The summed E-state index contributed by atoms with van der Waals surface area (Å²) in [7, 11) is -7.53. The Kier molecular flexibility index (Phi) is 8.63. The summed E-state index contributed by atoms with van der Waals surface area (Å²) in [6.07, 6.45) is 0.680. The van der Waals surface area contributed by atoms with Gasteiger partial charge in [0.1, 0.15) is 5.82 Å². The molecule has 1 amide bonds. The Hall–Kier alpha value is -2.70. The summed E-state index contributed by atoms with van der Waals surface area (Å²) in [5, 5.41) is 3.28. The number of sulfonamides is 2. The van der Waals surface area contributed by atoms with E-state index in [4.69, 9.17) is 23.2 Å². The van der Waals surface area contributed by atoms with Crippen LogP contribution in [0.2, 0.25) is 10.0 Å². The van der Waals surface area contributed by atoms with Gasteiger partial charge in [0, 0.05) is 29.7 Å². The summed E-state index contributed by atoms with van der Waals surface area (Å²) in [5.74, 6) is -1.35. The van der Waals surface area contributed by atoms with Crippen molar-refractivity contribution < 1.29 is 26.0 Å². The highest BCUT2D eigenvalue weighted by molar-refractivity contribution is 7.92. The lowest BCUT2D eigenvalue weighted by Gasteiger charge is -2.30. The molecule has 13 heteroatoms. The second-order valence-corrected chi connectivity index (χ2v) is 13.3. The van der Waals surface area contributed by atoms with Crippen LogP contribution in [0.5, 0.6) is 0 Å². The number of nitrogens with one attached hydrogen (secondary N) is 2. The van der Waals surface area contributed by atoms with E-state index in [-0.39, 0.29) is 40.4 Å². The Morgan fingerprint density at radius 2 is 1.55 bits per heavy atom. The molecule has 0 aliphatic carbocycles. The number of nitrogens with zero attached hydrogens (tertiary/aromatic N) is 1. The first-order valence-corrected chi connectivity index (χ1v) is 15.4. The number of carbonyl (C=O) groups excluding carboxylic acids is 1. The molecule has 4 rings (SSSR count). The first-order valence-electron chi connectivity index (χ1n) is 11.5. The molecular formula is C25H24Cl2FN3O5S2. The molecule has 0 unspecified atom stereocenters. The molecule has 202 valence electrons. The van der Waals surface area contributed by atoms with E-state index >= 15 is 0 Å². The van der Waals surface area contributed by atoms with Crippen LogP contribution >= 0.6 is 23.2 Å². The van der Waals surface area contributed by atoms with Gasteiger partial charge in [-0.3, -0.25) is 9.52 Å². The van der Waals surface area contributed by atoms with Gasteiger partial charge >= 0.3 is 0 Å². The van der Waals surface area contributed by atoms with Crippen LogP contribution in [0.4, 0.5) is 15.8 Å². The topological polar surface area (TPSA) is 113 Å². The average Bonchev–Trinajstić information content (AvgIpc) is 2.87. The number of anilines is 2. The molecule has 0 bridgehead atoms. The molecule has 0 atom stereocenters. The molecule has 1 aliphatic heterocycles. The second kappa shape index (κ2) is 11.6. The Labute approximate surface area is 230 Å². The fraction of sp³-hybridized carbons (Fsp3) is 0.240. The molecule has 1 saturated heterocycles. The SMILES string of the molecule is O=C(Nc1ccc(S(=O)(=O)Nc2ccc(Cl)cc2Cl)cc1)C1CCN(S(=O)(=O)Cc2ccc(F)cc2)CC1. The van der Waals surface area contributed by atoms with Crippen molar-refractivity contribution in [2.75, 3.05) is 23.1 Å². The zero-order chi connectivity index (χ0) is 27.5. The Morgan fingerprint density at radius 3 is 2.16 bits per heavy atom. The molecule has 2 N–H and O–H groups in total. The van der Waals surface area contributed by atoms with Crippen molar-refractivity contribution in [2.24, 2.45) is 5.92 Å². The van der Waals surface area contributed by atoms with Gasteiger partial charge in [0.05, 0.1) is 21.4 Å². The zero-order valence-corrected chi connectivity index (χ0v) is 23.0. The minimum Gasteiger partial charge on any atom is -0.326 e. The normalized spacial score (nSPS) is 15.2. The lowest BCUT2D eigenvalue weighted by Crippen LogP contribution is -2.41. The van der Waals surface area contributed by atoms with Crippen molar-refractivity contribution in [3.05, 3.63) is 88.2 Å². The minimum absolute atomic E-state index is 0.0267. The van der Waals surface area contributed by atoms with Gasteiger partial charge < -0.3 is 5.32 Å². The first kappa shape index (κ1) is 28.3. The van der Waals surface area contributed by atoms with E-state index in [2.05, 4.69) is 10.0 Å². The van der Waals surface area contributed by atoms with E-state index in [1.807, 2.05) is 0 Å². The Morgan fingerprint density at radius 1 is 0.921 bits per heavy atom. The van der Waals surface area contributed by atoms with Gasteiger partial charge in [0.15, 0.2) is 0 Å². The van der Waals surface area contributed by atoms with Crippen LogP contribution in [-0.4, -0.2) is 40.1 Å². The summed E-state index contributed by atoms with van der Waals surface area (Å²) in [6, 6.07) is 15.3. The maximum atomic E-state index is 13.1. The third kappa shape index (κ3) is 7.03. The quantitative estimate of drug-likeness (QED) is 0.373. The maximum absolute atomic E-state index is 13.1. The van der Waals surface area contributed by atoms with E-state index in [0.717, 1.165) is 0 Å². The largest absolute Gasteiger partial charge is 0.326 e. The zero-order valence-electron chi connectivity index (χ0n) is 19.9. The van der Waals surface area contributed by atoms with Gasteiger partial charge in [0.2, 0.25) is 15.9 Å². The summed E-state index contributed by atoms with van der Waals surface area (Å²) in [5.41, 5.74) is 1.08. The van der Waals surface area contributed by atoms with Crippen molar-refractivity contribution in [2.45, 2.75) is 23.5 Å². The van der Waals surface area contributed by atoms with Crippen LogP contribution in [0.15, 0.2) is 71.6 Å². The highest BCUT2D eigenvalue weighted by Crippen LogP contribution is 2.28. The second-order valence-electron chi connectivity index (χ2n) is 8.80. The molecule has 0 spiro atoms. The standard InChI is InChI=1S/C25H24Cl2FN3O5S2/c26-19-3-10-24(23(27)15-19)30-38(35,36)22-8-6-21(7-9-22)29-25(32)18-11-13-31(14-12-18)37(33,34)16-17-1-4-20(28)5-2-17/h1-10,15,18,30H,11-14,16H2,(H,29,32). The van der Waals surface area contributed by atoms with Gasteiger partial charge in [0.25, 0.3) is 10.0 Å². The predicted molar refractivity (Wildman–Crippen MR) is 146 cm³/mol. The molecule has 38 heavy (non-hydrogen) atoms. The summed E-state index contributed by atoms with van der Waals surface area (Å²) in [6.45, 7) is 0.384. The molecule has 1 fully saturated rings. The fourth-order valence-corrected chi connectivity index (χ4v) is 7.17. The predicted octanol–water partition coefficient (Wildman–Crippen LogP) is 5.11. The van der Waals surface area contributed by atoms with Crippen LogP contribution in [0.1, 0.15) is 18.4 Å². The number of rotatable bonds is 8. The van der Waals surface area contributed by atoms with E-state index in [0.29, 0.717) is 29.1 Å². The van der Waals surface area contributed by atoms with Crippen LogP contribution in [0.3, 0.4) is 0 Å². The van der Waals surface area contributed by atoms with E-state index < -0.39 is 31.8 Å². The van der Waals surface area contributed by atoms with Crippen LogP contribution < -0.4 is 10.0 Å². The molecule has 0 aromatic heterocycles. The van der Waals surface area contributed by atoms with Crippen molar-refractivity contribution in [1.82, 2.24) is 4.31 Å². The Bertz CT molecular complexity index is 1530. The highest BCUT2D eigenvalue weighted by Gasteiger charge is 2.31. The van der Waals surface area contributed by atoms with Crippen LogP contribution in [0, 0.1) is 11.7 Å².